The second kappa shape index (κ2) is 6.60. The Morgan fingerprint density at radius 2 is 2.15 bits per heavy atom. The molecule has 0 fully saturated rings. The number of aliphatic carboxylic acids is 1. The predicted octanol–water partition coefficient (Wildman–Crippen LogP) is 0.807. The van der Waals surface area contributed by atoms with Crippen molar-refractivity contribution < 1.29 is 14.7 Å². The molecule has 0 rings (SSSR count). The van der Waals surface area contributed by atoms with Gasteiger partial charge in [-0.3, -0.25) is 4.79 Å². The van der Waals surface area contributed by atoms with Gasteiger partial charge in [-0.25, -0.2) is 0 Å². The SMILES string of the molecule is CC(C)NC(CC=O)CCC(=O)O. The van der Waals surface area contributed by atoms with Crippen molar-refractivity contribution >= 4 is 12.3 Å². The Kier molecular flexibility index (Phi) is 6.14. The maximum atomic E-state index is 10.3. The van der Waals surface area contributed by atoms with Gasteiger partial charge in [0.25, 0.3) is 0 Å². The van der Waals surface area contributed by atoms with Crippen molar-refractivity contribution in [2.45, 2.75) is 45.2 Å². The zero-order chi connectivity index (χ0) is 10.3. The minimum Gasteiger partial charge on any atom is -0.481 e. The fourth-order valence-electron chi connectivity index (χ4n) is 1.15. The highest BCUT2D eigenvalue weighted by Crippen LogP contribution is 2.01. The number of carbonyl (C=O) groups excluding carboxylic acids is 1. The Morgan fingerprint density at radius 1 is 1.54 bits per heavy atom. The number of hydrogen-bond donors (Lipinski definition) is 2. The molecule has 2 N–H and O–H groups in total. The van der Waals surface area contributed by atoms with E-state index in [-0.39, 0.29) is 18.5 Å². The first-order valence-electron chi connectivity index (χ1n) is 4.47. The predicted molar refractivity (Wildman–Crippen MR) is 49.6 cm³/mol. The van der Waals surface area contributed by atoms with Crippen LogP contribution in [0.3, 0.4) is 0 Å². The molecule has 0 aliphatic carbocycles. The zero-order valence-corrected chi connectivity index (χ0v) is 8.12. The van der Waals surface area contributed by atoms with E-state index in [0.717, 1.165) is 6.29 Å². The van der Waals surface area contributed by atoms with Crippen LogP contribution in [-0.4, -0.2) is 29.4 Å². The summed E-state index contributed by atoms with van der Waals surface area (Å²) in [6.45, 7) is 3.94. The van der Waals surface area contributed by atoms with Gasteiger partial charge < -0.3 is 15.2 Å². The molecule has 13 heavy (non-hydrogen) atoms. The van der Waals surface area contributed by atoms with E-state index in [2.05, 4.69) is 5.32 Å². The summed E-state index contributed by atoms with van der Waals surface area (Å²) >= 11 is 0. The smallest absolute Gasteiger partial charge is 0.303 e. The van der Waals surface area contributed by atoms with Gasteiger partial charge in [0.15, 0.2) is 0 Å². The first-order chi connectivity index (χ1) is 6.06. The van der Waals surface area contributed by atoms with Crippen molar-refractivity contribution in [2.24, 2.45) is 0 Å². The lowest BCUT2D eigenvalue weighted by Crippen LogP contribution is -2.35. The van der Waals surface area contributed by atoms with Crippen molar-refractivity contribution in [1.29, 1.82) is 0 Å². The summed E-state index contributed by atoms with van der Waals surface area (Å²) in [7, 11) is 0. The van der Waals surface area contributed by atoms with Crippen LogP contribution in [0.15, 0.2) is 0 Å². The molecule has 4 nitrogen and oxygen atoms in total. The van der Waals surface area contributed by atoms with E-state index in [4.69, 9.17) is 5.11 Å². The number of rotatable bonds is 7. The standard InChI is InChI=1S/C9H17NO3/c1-7(2)10-8(5-6-11)3-4-9(12)13/h6-8,10H,3-5H2,1-2H3,(H,12,13). The molecule has 0 aromatic rings. The Morgan fingerprint density at radius 3 is 2.54 bits per heavy atom. The van der Waals surface area contributed by atoms with Crippen molar-refractivity contribution in [3.8, 4) is 0 Å². The summed E-state index contributed by atoms with van der Waals surface area (Å²) in [5, 5.41) is 11.6. The average Bonchev–Trinajstić information content (AvgIpc) is 1.99. The molecular weight excluding hydrogens is 170 g/mol. The number of hydrogen-bond acceptors (Lipinski definition) is 3. The van der Waals surface area contributed by atoms with Crippen molar-refractivity contribution in [2.75, 3.05) is 0 Å². The van der Waals surface area contributed by atoms with Gasteiger partial charge in [-0.15, -0.1) is 0 Å². The molecular formula is C9H17NO3. The summed E-state index contributed by atoms with van der Waals surface area (Å²) in [6, 6.07) is 0.271. The minimum absolute atomic E-state index is 0.00593. The van der Waals surface area contributed by atoms with Crippen LogP contribution in [0.25, 0.3) is 0 Å². The molecule has 0 saturated heterocycles. The molecule has 4 heteroatoms. The van der Waals surface area contributed by atoms with E-state index in [9.17, 15) is 9.59 Å². The maximum absolute atomic E-state index is 10.3. The van der Waals surface area contributed by atoms with Crippen molar-refractivity contribution in [3.05, 3.63) is 0 Å². The third kappa shape index (κ3) is 7.46. The number of carboxylic acid groups (broad SMARTS) is 1. The van der Waals surface area contributed by atoms with Crippen LogP contribution < -0.4 is 5.32 Å². The second-order valence-corrected chi connectivity index (χ2v) is 3.35. The minimum atomic E-state index is -0.818. The van der Waals surface area contributed by atoms with Crippen molar-refractivity contribution in [3.63, 3.8) is 0 Å². The molecule has 76 valence electrons. The number of carbonyl (C=O) groups is 2. The van der Waals surface area contributed by atoms with Gasteiger partial charge in [-0.1, -0.05) is 13.8 Å². The molecule has 0 aromatic heterocycles. The van der Waals surface area contributed by atoms with E-state index >= 15 is 0 Å². The summed E-state index contributed by atoms with van der Waals surface area (Å²) in [6.07, 6.45) is 1.82. The van der Waals surface area contributed by atoms with E-state index in [0.29, 0.717) is 12.8 Å². The lowest BCUT2D eigenvalue weighted by atomic mass is 10.1. The monoisotopic (exact) mass is 187 g/mol. The quantitative estimate of drug-likeness (QED) is 0.579. The van der Waals surface area contributed by atoms with Crippen LogP contribution in [-0.2, 0) is 9.59 Å². The molecule has 0 spiro atoms. The molecule has 0 radical (unpaired) electrons. The van der Waals surface area contributed by atoms with Crippen LogP contribution in [0.5, 0.6) is 0 Å². The molecule has 0 heterocycles. The Labute approximate surface area is 78.3 Å². The topological polar surface area (TPSA) is 66.4 Å². The summed E-state index contributed by atoms with van der Waals surface area (Å²) in [5.41, 5.74) is 0. The first kappa shape index (κ1) is 12.1. The van der Waals surface area contributed by atoms with Gasteiger partial charge in [0.2, 0.25) is 0 Å². The van der Waals surface area contributed by atoms with E-state index in [1.165, 1.54) is 0 Å². The van der Waals surface area contributed by atoms with E-state index in [1.807, 2.05) is 13.8 Å². The highest BCUT2D eigenvalue weighted by atomic mass is 16.4. The highest BCUT2D eigenvalue weighted by Gasteiger charge is 2.10. The first-order valence-corrected chi connectivity index (χ1v) is 4.47. The van der Waals surface area contributed by atoms with Gasteiger partial charge in [-0.2, -0.15) is 0 Å². The molecule has 0 aliphatic rings. The van der Waals surface area contributed by atoms with Gasteiger partial charge in [0.1, 0.15) is 6.29 Å². The lowest BCUT2D eigenvalue weighted by molar-refractivity contribution is -0.137. The fourth-order valence-corrected chi connectivity index (χ4v) is 1.15. The highest BCUT2D eigenvalue weighted by molar-refractivity contribution is 5.66. The van der Waals surface area contributed by atoms with E-state index in [1.54, 1.807) is 0 Å². The van der Waals surface area contributed by atoms with Crippen molar-refractivity contribution in [1.82, 2.24) is 5.32 Å². The third-order valence-corrected chi connectivity index (χ3v) is 1.66. The van der Waals surface area contributed by atoms with Gasteiger partial charge in [0.05, 0.1) is 0 Å². The van der Waals surface area contributed by atoms with E-state index < -0.39 is 5.97 Å². The number of aldehydes is 1. The fraction of sp³-hybridized carbons (Fsp3) is 0.778. The maximum Gasteiger partial charge on any atom is 0.303 e. The number of carboxylic acids is 1. The molecule has 1 atom stereocenters. The Bertz CT molecular complexity index is 168. The van der Waals surface area contributed by atoms with Crippen LogP contribution in [0.2, 0.25) is 0 Å². The Balaban J connectivity index is 3.79. The summed E-state index contributed by atoms with van der Waals surface area (Å²) < 4.78 is 0. The Hall–Kier alpha value is -0.900. The van der Waals surface area contributed by atoms with Crippen LogP contribution in [0.1, 0.15) is 33.1 Å². The normalized spacial score (nSPS) is 12.8. The second-order valence-electron chi connectivity index (χ2n) is 3.35. The van der Waals surface area contributed by atoms with Gasteiger partial charge in [-0.05, 0) is 6.42 Å². The lowest BCUT2D eigenvalue weighted by Gasteiger charge is -2.17. The zero-order valence-electron chi connectivity index (χ0n) is 8.12. The summed E-state index contributed by atoms with van der Waals surface area (Å²) in [5.74, 6) is -0.818. The van der Waals surface area contributed by atoms with Crippen LogP contribution in [0.4, 0.5) is 0 Å². The largest absolute Gasteiger partial charge is 0.481 e. The van der Waals surface area contributed by atoms with Crippen LogP contribution >= 0.6 is 0 Å². The molecule has 0 amide bonds. The molecule has 0 bridgehead atoms. The molecule has 0 saturated carbocycles. The molecule has 1 unspecified atom stereocenters. The molecule has 0 aliphatic heterocycles. The average molecular weight is 187 g/mol. The third-order valence-electron chi connectivity index (χ3n) is 1.66. The van der Waals surface area contributed by atoms with Crippen LogP contribution in [0, 0.1) is 0 Å². The summed E-state index contributed by atoms with van der Waals surface area (Å²) in [4.78, 5) is 20.5. The van der Waals surface area contributed by atoms with Gasteiger partial charge in [0, 0.05) is 24.9 Å². The number of nitrogens with one attached hydrogen (secondary N) is 1. The molecule has 0 aromatic carbocycles. The van der Waals surface area contributed by atoms with Gasteiger partial charge >= 0.3 is 5.97 Å².